The third-order valence-electron chi connectivity index (χ3n) is 2.72. The highest BCUT2D eigenvalue weighted by Crippen LogP contribution is 2.13. The van der Waals surface area contributed by atoms with Crippen molar-refractivity contribution in [2.24, 2.45) is 5.73 Å². The van der Waals surface area contributed by atoms with E-state index in [2.05, 4.69) is 5.32 Å². The van der Waals surface area contributed by atoms with Gasteiger partial charge in [-0.05, 0) is 31.0 Å². The first-order chi connectivity index (χ1) is 9.46. The topological polar surface area (TPSA) is 64.3 Å². The van der Waals surface area contributed by atoms with Crippen LogP contribution in [0, 0.1) is 0 Å². The smallest absolute Gasteiger partial charge is 0.277 e. The summed E-state index contributed by atoms with van der Waals surface area (Å²) in [6, 6.07) is 7.35. The van der Waals surface area contributed by atoms with Crippen molar-refractivity contribution < 1.29 is 18.3 Å². The second-order valence-electron chi connectivity index (χ2n) is 4.41. The minimum absolute atomic E-state index is 0.161. The number of hydrogen-bond donors (Lipinski definition) is 2. The molecule has 0 bridgehead atoms. The molecular formula is C14H20F2N2O2. The van der Waals surface area contributed by atoms with Gasteiger partial charge in [0, 0.05) is 6.42 Å². The zero-order chi connectivity index (χ0) is 15.0. The number of nitrogens with one attached hydrogen (secondary N) is 1. The van der Waals surface area contributed by atoms with E-state index in [1.54, 1.807) is 0 Å². The molecule has 0 aliphatic carbocycles. The van der Waals surface area contributed by atoms with E-state index in [9.17, 15) is 13.6 Å². The molecule has 0 atom stereocenters. The van der Waals surface area contributed by atoms with Crippen LogP contribution in [0.25, 0.3) is 0 Å². The lowest BCUT2D eigenvalue weighted by Crippen LogP contribution is -2.41. The molecule has 112 valence electrons. The number of halogens is 2. The first-order valence-electron chi connectivity index (χ1n) is 6.53. The first-order valence-corrected chi connectivity index (χ1v) is 6.53. The fraction of sp³-hybridized carbons (Fsp3) is 0.500. The van der Waals surface area contributed by atoms with Gasteiger partial charge in [-0.1, -0.05) is 12.1 Å². The number of amides is 1. The first kappa shape index (κ1) is 16.4. The quantitative estimate of drug-likeness (QED) is 0.765. The van der Waals surface area contributed by atoms with E-state index in [-0.39, 0.29) is 6.42 Å². The van der Waals surface area contributed by atoms with Crippen molar-refractivity contribution in [3.05, 3.63) is 29.8 Å². The molecule has 0 aromatic heterocycles. The van der Waals surface area contributed by atoms with Crippen LogP contribution in [0.4, 0.5) is 8.78 Å². The summed E-state index contributed by atoms with van der Waals surface area (Å²) in [5.41, 5.74) is 5.84. The van der Waals surface area contributed by atoms with Gasteiger partial charge in [0.2, 0.25) is 5.91 Å². The lowest BCUT2D eigenvalue weighted by atomic mass is 10.1. The van der Waals surface area contributed by atoms with E-state index in [0.29, 0.717) is 13.0 Å². The van der Waals surface area contributed by atoms with E-state index in [0.717, 1.165) is 11.3 Å². The number of rotatable bonds is 8. The summed E-state index contributed by atoms with van der Waals surface area (Å²) in [7, 11) is 0. The average Bonchev–Trinajstić information content (AvgIpc) is 2.45. The Labute approximate surface area is 117 Å². The predicted molar refractivity (Wildman–Crippen MR) is 72.9 cm³/mol. The van der Waals surface area contributed by atoms with Crippen molar-refractivity contribution in [2.75, 3.05) is 19.7 Å². The van der Waals surface area contributed by atoms with E-state index in [1.165, 1.54) is 0 Å². The number of carbonyl (C=O) groups is 1. The molecule has 20 heavy (non-hydrogen) atoms. The van der Waals surface area contributed by atoms with Gasteiger partial charge in [0.25, 0.3) is 5.92 Å². The summed E-state index contributed by atoms with van der Waals surface area (Å²) >= 11 is 0. The van der Waals surface area contributed by atoms with Crippen LogP contribution in [-0.2, 0) is 11.2 Å². The number of ether oxygens (including phenoxy) is 1. The predicted octanol–water partition coefficient (Wildman–Crippen LogP) is 1.73. The standard InChI is InChI=1S/C14H20F2N2O2/c1-2-20-12-6-3-11(4-7-12)5-8-13(19)18-10-14(15,16)9-17/h3-4,6-7H,2,5,8-10,17H2,1H3,(H,18,19). The van der Waals surface area contributed by atoms with Crippen molar-refractivity contribution in [1.29, 1.82) is 0 Å². The lowest BCUT2D eigenvalue weighted by Gasteiger charge is -2.14. The van der Waals surface area contributed by atoms with E-state index in [1.807, 2.05) is 31.2 Å². The van der Waals surface area contributed by atoms with Crippen molar-refractivity contribution in [2.45, 2.75) is 25.7 Å². The minimum atomic E-state index is -3.05. The van der Waals surface area contributed by atoms with E-state index in [4.69, 9.17) is 10.5 Å². The van der Waals surface area contributed by atoms with Crippen molar-refractivity contribution >= 4 is 5.91 Å². The minimum Gasteiger partial charge on any atom is -0.494 e. The van der Waals surface area contributed by atoms with Gasteiger partial charge in [0.15, 0.2) is 0 Å². The fourth-order valence-corrected chi connectivity index (χ4v) is 1.57. The third kappa shape index (κ3) is 5.97. The van der Waals surface area contributed by atoms with Gasteiger partial charge in [-0.2, -0.15) is 0 Å². The number of benzene rings is 1. The lowest BCUT2D eigenvalue weighted by molar-refractivity contribution is -0.122. The van der Waals surface area contributed by atoms with Crippen LogP contribution in [0.5, 0.6) is 5.75 Å². The molecule has 0 aliphatic heterocycles. The Kier molecular flexibility index (Phi) is 6.38. The number of carbonyl (C=O) groups excluding carboxylic acids is 1. The molecule has 0 saturated heterocycles. The van der Waals surface area contributed by atoms with Crippen LogP contribution in [0.1, 0.15) is 18.9 Å². The Hall–Kier alpha value is -1.69. The Morgan fingerprint density at radius 1 is 1.35 bits per heavy atom. The maximum atomic E-state index is 12.8. The zero-order valence-corrected chi connectivity index (χ0v) is 11.5. The van der Waals surface area contributed by atoms with Crippen LogP contribution in [0.3, 0.4) is 0 Å². The summed E-state index contributed by atoms with van der Waals surface area (Å²) < 4.78 is 31.0. The number of alkyl halides is 2. The molecular weight excluding hydrogens is 266 g/mol. The van der Waals surface area contributed by atoms with Crippen LogP contribution in [0.2, 0.25) is 0 Å². The molecule has 0 spiro atoms. The van der Waals surface area contributed by atoms with Gasteiger partial charge in [-0.3, -0.25) is 4.79 Å². The monoisotopic (exact) mass is 286 g/mol. The van der Waals surface area contributed by atoms with Crippen molar-refractivity contribution in [3.8, 4) is 5.75 Å². The molecule has 0 fully saturated rings. The highest BCUT2D eigenvalue weighted by atomic mass is 19.3. The Morgan fingerprint density at radius 3 is 2.55 bits per heavy atom. The molecule has 1 amide bonds. The van der Waals surface area contributed by atoms with Gasteiger partial charge in [0.1, 0.15) is 5.75 Å². The second kappa shape index (κ2) is 7.79. The van der Waals surface area contributed by atoms with E-state index < -0.39 is 24.9 Å². The van der Waals surface area contributed by atoms with E-state index >= 15 is 0 Å². The number of hydrogen-bond acceptors (Lipinski definition) is 3. The summed E-state index contributed by atoms with van der Waals surface area (Å²) in [4.78, 5) is 11.4. The van der Waals surface area contributed by atoms with Crippen LogP contribution < -0.4 is 15.8 Å². The summed E-state index contributed by atoms with van der Waals surface area (Å²) in [6.07, 6.45) is 0.654. The molecule has 6 heteroatoms. The SMILES string of the molecule is CCOc1ccc(CCC(=O)NCC(F)(F)CN)cc1. The molecule has 1 rings (SSSR count). The molecule has 0 aliphatic rings. The largest absolute Gasteiger partial charge is 0.494 e. The highest BCUT2D eigenvalue weighted by molar-refractivity contribution is 5.76. The third-order valence-corrected chi connectivity index (χ3v) is 2.72. The Bertz CT molecular complexity index is 422. The van der Waals surface area contributed by atoms with Gasteiger partial charge in [-0.15, -0.1) is 0 Å². The van der Waals surface area contributed by atoms with Crippen molar-refractivity contribution in [1.82, 2.24) is 5.32 Å². The normalized spacial score (nSPS) is 11.2. The molecule has 1 aromatic carbocycles. The molecule has 0 radical (unpaired) electrons. The zero-order valence-electron chi connectivity index (χ0n) is 11.5. The number of aryl methyl sites for hydroxylation is 1. The molecule has 1 aromatic rings. The maximum Gasteiger partial charge on any atom is 0.277 e. The molecule has 3 N–H and O–H groups in total. The maximum absolute atomic E-state index is 12.8. The van der Waals surface area contributed by atoms with Gasteiger partial charge in [-0.25, -0.2) is 8.78 Å². The average molecular weight is 286 g/mol. The fourth-order valence-electron chi connectivity index (χ4n) is 1.57. The van der Waals surface area contributed by atoms with Gasteiger partial charge < -0.3 is 15.8 Å². The van der Waals surface area contributed by atoms with Crippen LogP contribution in [0.15, 0.2) is 24.3 Å². The van der Waals surface area contributed by atoms with Crippen molar-refractivity contribution in [3.63, 3.8) is 0 Å². The van der Waals surface area contributed by atoms with Crippen LogP contribution in [-0.4, -0.2) is 31.5 Å². The molecule has 0 heterocycles. The van der Waals surface area contributed by atoms with Gasteiger partial charge >= 0.3 is 0 Å². The van der Waals surface area contributed by atoms with Gasteiger partial charge in [0.05, 0.1) is 19.7 Å². The molecule has 0 unspecified atom stereocenters. The van der Waals surface area contributed by atoms with Crippen LogP contribution >= 0.6 is 0 Å². The molecule has 4 nitrogen and oxygen atoms in total. The second-order valence-corrected chi connectivity index (χ2v) is 4.41. The molecule has 0 saturated carbocycles. The summed E-state index contributed by atoms with van der Waals surface area (Å²) in [5.74, 6) is -2.69. The Balaban J connectivity index is 2.33. The summed E-state index contributed by atoms with van der Waals surface area (Å²) in [5, 5.41) is 2.18. The summed E-state index contributed by atoms with van der Waals surface area (Å²) in [6.45, 7) is 1.00. The highest BCUT2D eigenvalue weighted by Gasteiger charge is 2.26. The number of nitrogens with two attached hydrogens (primary N) is 1. The Morgan fingerprint density at radius 2 is 2.00 bits per heavy atom.